The van der Waals surface area contributed by atoms with E-state index in [9.17, 15) is 9.18 Å². The van der Waals surface area contributed by atoms with Crippen LogP contribution in [0.15, 0.2) is 48.5 Å². The smallest absolute Gasteiger partial charge is 0.319 e. The maximum absolute atomic E-state index is 13.5. The number of carbonyl (C=O) groups excluding carboxylic acids is 1. The molecule has 5 nitrogen and oxygen atoms in total. The van der Waals surface area contributed by atoms with E-state index in [1.807, 2.05) is 6.07 Å². The zero-order valence-electron chi connectivity index (χ0n) is 15.0. The second kappa shape index (κ2) is 8.67. The number of anilines is 2. The van der Waals surface area contributed by atoms with E-state index >= 15 is 0 Å². The van der Waals surface area contributed by atoms with Gasteiger partial charge >= 0.3 is 6.03 Å². The Morgan fingerprint density at radius 3 is 2.50 bits per heavy atom. The molecule has 26 heavy (non-hydrogen) atoms. The number of amides is 2. The highest BCUT2D eigenvalue weighted by Crippen LogP contribution is 2.15. The van der Waals surface area contributed by atoms with Crippen molar-refractivity contribution in [2.75, 3.05) is 49.5 Å². The fourth-order valence-electron chi connectivity index (χ4n) is 3.04. The number of urea groups is 1. The number of hydrogen-bond donors (Lipinski definition) is 2. The van der Waals surface area contributed by atoms with Gasteiger partial charge in [0.05, 0.1) is 0 Å². The van der Waals surface area contributed by atoms with Crippen LogP contribution < -0.4 is 15.5 Å². The monoisotopic (exact) mass is 356 g/mol. The summed E-state index contributed by atoms with van der Waals surface area (Å²) in [5.41, 5.74) is 2.28. The van der Waals surface area contributed by atoms with Gasteiger partial charge in [-0.2, -0.15) is 0 Å². The number of aryl methyl sites for hydroxylation is 1. The van der Waals surface area contributed by atoms with Crippen molar-refractivity contribution in [3.8, 4) is 0 Å². The van der Waals surface area contributed by atoms with E-state index in [0.717, 1.165) is 32.7 Å². The van der Waals surface area contributed by atoms with Crippen LogP contribution >= 0.6 is 0 Å². The molecule has 0 saturated carbocycles. The molecule has 2 aromatic carbocycles. The van der Waals surface area contributed by atoms with Crippen molar-refractivity contribution in [2.24, 2.45) is 0 Å². The number of nitrogens with one attached hydrogen (secondary N) is 2. The van der Waals surface area contributed by atoms with Gasteiger partial charge in [0.25, 0.3) is 0 Å². The van der Waals surface area contributed by atoms with Gasteiger partial charge in [-0.05, 0) is 36.8 Å². The van der Waals surface area contributed by atoms with Gasteiger partial charge < -0.3 is 15.5 Å². The summed E-state index contributed by atoms with van der Waals surface area (Å²) < 4.78 is 13.5. The Hall–Kier alpha value is -2.60. The predicted octanol–water partition coefficient (Wildman–Crippen LogP) is 3.08. The Kier molecular flexibility index (Phi) is 6.07. The molecule has 0 atom stereocenters. The third-order valence-electron chi connectivity index (χ3n) is 4.64. The average Bonchev–Trinajstić information content (AvgIpc) is 2.66. The summed E-state index contributed by atoms with van der Waals surface area (Å²) in [6.07, 6.45) is 0. The van der Waals surface area contributed by atoms with Crippen LogP contribution in [0, 0.1) is 12.7 Å². The lowest BCUT2D eigenvalue weighted by molar-refractivity contribution is 0.240. The number of piperazine rings is 1. The lowest BCUT2D eigenvalue weighted by atomic mass is 10.2. The van der Waals surface area contributed by atoms with Crippen molar-refractivity contribution in [2.45, 2.75) is 6.92 Å². The highest BCUT2D eigenvalue weighted by atomic mass is 19.1. The maximum Gasteiger partial charge on any atom is 0.319 e. The van der Waals surface area contributed by atoms with Gasteiger partial charge in [-0.25, -0.2) is 9.18 Å². The van der Waals surface area contributed by atoms with Gasteiger partial charge in [-0.1, -0.05) is 24.3 Å². The van der Waals surface area contributed by atoms with Crippen LogP contribution in [0.1, 0.15) is 5.56 Å². The molecule has 0 bridgehead atoms. The molecule has 2 amide bonds. The molecule has 1 aliphatic rings. The van der Waals surface area contributed by atoms with Gasteiger partial charge in [0, 0.05) is 50.6 Å². The van der Waals surface area contributed by atoms with Crippen molar-refractivity contribution < 1.29 is 9.18 Å². The molecule has 1 aliphatic heterocycles. The molecule has 0 unspecified atom stereocenters. The number of rotatable bonds is 5. The van der Waals surface area contributed by atoms with Gasteiger partial charge in [0.2, 0.25) is 0 Å². The third kappa shape index (κ3) is 4.95. The summed E-state index contributed by atoms with van der Waals surface area (Å²) in [6.45, 7) is 6.97. The normalized spacial score (nSPS) is 14.9. The lowest BCUT2D eigenvalue weighted by Gasteiger charge is -2.36. The van der Waals surface area contributed by atoms with Crippen LogP contribution in [-0.4, -0.2) is 50.2 Å². The Balaban J connectivity index is 1.36. The van der Waals surface area contributed by atoms with Crippen molar-refractivity contribution in [3.63, 3.8) is 0 Å². The summed E-state index contributed by atoms with van der Waals surface area (Å²) in [7, 11) is 0. The molecule has 3 rings (SSSR count). The first-order valence-corrected chi connectivity index (χ1v) is 8.95. The standard InChI is InChI=1S/C20H25FN4O/c1-16-7-8-17(15-19(16)21)23-20(26)22-9-10-24-11-13-25(14-12-24)18-5-3-2-4-6-18/h2-8,15H,9-14H2,1H3,(H2,22,23,26). The summed E-state index contributed by atoms with van der Waals surface area (Å²) in [6, 6.07) is 14.8. The largest absolute Gasteiger partial charge is 0.369 e. The molecule has 0 spiro atoms. The minimum Gasteiger partial charge on any atom is -0.369 e. The Morgan fingerprint density at radius 1 is 1.08 bits per heavy atom. The lowest BCUT2D eigenvalue weighted by Crippen LogP contribution is -2.48. The maximum atomic E-state index is 13.5. The van der Waals surface area contributed by atoms with E-state index in [2.05, 4.69) is 44.7 Å². The summed E-state index contributed by atoms with van der Waals surface area (Å²) >= 11 is 0. The van der Waals surface area contributed by atoms with E-state index in [1.54, 1.807) is 19.1 Å². The number of nitrogens with zero attached hydrogens (tertiary/aromatic N) is 2. The zero-order valence-corrected chi connectivity index (χ0v) is 15.0. The summed E-state index contributed by atoms with van der Waals surface area (Å²) in [4.78, 5) is 16.6. The van der Waals surface area contributed by atoms with Gasteiger partial charge in [0.15, 0.2) is 0 Å². The van der Waals surface area contributed by atoms with Crippen LogP contribution in [0.5, 0.6) is 0 Å². The molecular weight excluding hydrogens is 331 g/mol. The molecular formula is C20H25FN4O. The highest BCUT2D eigenvalue weighted by molar-refractivity contribution is 5.89. The minimum absolute atomic E-state index is 0.309. The van der Waals surface area contributed by atoms with Crippen LogP contribution in [0.25, 0.3) is 0 Å². The second-order valence-electron chi connectivity index (χ2n) is 6.51. The molecule has 138 valence electrons. The van der Waals surface area contributed by atoms with E-state index in [0.29, 0.717) is 17.8 Å². The second-order valence-corrected chi connectivity index (χ2v) is 6.51. The van der Waals surface area contributed by atoms with Crippen molar-refractivity contribution in [1.29, 1.82) is 0 Å². The Labute approximate surface area is 153 Å². The van der Waals surface area contributed by atoms with E-state index < -0.39 is 0 Å². The number of carbonyl (C=O) groups is 1. The van der Waals surface area contributed by atoms with Crippen LogP contribution in [0.4, 0.5) is 20.6 Å². The van der Waals surface area contributed by atoms with E-state index in [-0.39, 0.29) is 11.8 Å². The highest BCUT2D eigenvalue weighted by Gasteiger charge is 2.16. The quantitative estimate of drug-likeness (QED) is 0.866. The first kappa shape index (κ1) is 18.2. The van der Waals surface area contributed by atoms with E-state index in [1.165, 1.54) is 11.8 Å². The molecule has 1 heterocycles. The summed E-state index contributed by atoms with van der Waals surface area (Å²) in [5.74, 6) is -0.320. The average molecular weight is 356 g/mol. The molecule has 6 heteroatoms. The van der Waals surface area contributed by atoms with Crippen molar-refractivity contribution >= 4 is 17.4 Å². The summed E-state index contributed by atoms with van der Waals surface area (Å²) in [5, 5.41) is 5.49. The fourth-order valence-corrected chi connectivity index (χ4v) is 3.04. The van der Waals surface area contributed by atoms with Crippen LogP contribution in [0.3, 0.4) is 0 Å². The van der Waals surface area contributed by atoms with Gasteiger partial charge in [-0.15, -0.1) is 0 Å². The molecule has 1 saturated heterocycles. The van der Waals surface area contributed by atoms with Crippen molar-refractivity contribution in [1.82, 2.24) is 10.2 Å². The van der Waals surface area contributed by atoms with Gasteiger partial charge in [-0.3, -0.25) is 4.90 Å². The molecule has 1 fully saturated rings. The van der Waals surface area contributed by atoms with Crippen LogP contribution in [0.2, 0.25) is 0 Å². The Bertz CT molecular complexity index is 730. The van der Waals surface area contributed by atoms with Gasteiger partial charge in [0.1, 0.15) is 5.82 Å². The van der Waals surface area contributed by atoms with Crippen LogP contribution in [-0.2, 0) is 0 Å². The molecule has 0 aromatic heterocycles. The molecule has 2 aromatic rings. The molecule has 0 aliphatic carbocycles. The fraction of sp³-hybridized carbons (Fsp3) is 0.350. The number of para-hydroxylation sites is 1. The molecule has 2 N–H and O–H groups in total. The molecule has 0 radical (unpaired) electrons. The first-order valence-electron chi connectivity index (χ1n) is 8.95. The van der Waals surface area contributed by atoms with E-state index in [4.69, 9.17) is 0 Å². The number of benzene rings is 2. The first-order chi connectivity index (χ1) is 12.6. The number of halogens is 1. The SMILES string of the molecule is Cc1ccc(NC(=O)NCCN2CCN(c3ccccc3)CC2)cc1F. The predicted molar refractivity (Wildman–Crippen MR) is 103 cm³/mol. The van der Waals surface area contributed by atoms with Crippen molar-refractivity contribution in [3.05, 3.63) is 59.9 Å². The zero-order chi connectivity index (χ0) is 18.4. The third-order valence-corrected chi connectivity index (χ3v) is 4.64. The minimum atomic E-state index is -0.320. The topological polar surface area (TPSA) is 47.6 Å². The Morgan fingerprint density at radius 2 is 1.81 bits per heavy atom. The number of hydrogen-bond acceptors (Lipinski definition) is 3.